The second-order valence-corrected chi connectivity index (χ2v) is 7.33. The predicted molar refractivity (Wildman–Crippen MR) is 114 cm³/mol. The van der Waals surface area contributed by atoms with Crippen LogP contribution in [0.4, 0.5) is 19.3 Å². The van der Waals surface area contributed by atoms with Gasteiger partial charge in [0, 0.05) is 17.7 Å². The van der Waals surface area contributed by atoms with E-state index in [1.165, 1.54) is 61.7 Å². The van der Waals surface area contributed by atoms with E-state index in [2.05, 4.69) is 15.2 Å². The third-order valence-electron chi connectivity index (χ3n) is 5.12. The number of nitro benzene ring substituents is 1. The average Bonchev–Trinajstić information content (AvgIpc) is 3.36. The Bertz CT molecular complexity index is 1270. The highest BCUT2D eigenvalue weighted by molar-refractivity contribution is 6.07. The molecule has 3 aromatic rings. The Kier molecular flexibility index (Phi) is 5.80. The van der Waals surface area contributed by atoms with Crippen LogP contribution in [0.25, 0.3) is 11.3 Å². The van der Waals surface area contributed by atoms with E-state index in [4.69, 9.17) is 4.42 Å². The minimum atomic E-state index is -2.98. The van der Waals surface area contributed by atoms with Gasteiger partial charge in [-0.1, -0.05) is 12.1 Å². The Hall–Kier alpha value is -4.61. The van der Waals surface area contributed by atoms with Crippen LogP contribution in [0.3, 0.4) is 0 Å². The molecular formula is C22H16F2N4O6. The number of alkyl halides is 2. The standard InChI is InChI=1S/C22H16F2N4O6/c1-22(14-4-8-16(9-5-14)34-20(23)24)19(29)27(21(30)26-22)25-12-17-10-11-18(33-17)13-2-6-15(7-3-13)28(31)32/h2-12,20H,1H3,(H,26,30)/b25-12+. The normalized spacial score (nSPS) is 18.1. The molecule has 34 heavy (non-hydrogen) atoms. The summed E-state index contributed by atoms with van der Waals surface area (Å²) in [6.45, 7) is -1.52. The Labute approximate surface area is 190 Å². The Morgan fingerprint density at radius 2 is 1.79 bits per heavy atom. The number of carbonyl (C=O) groups is 2. The minimum absolute atomic E-state index is 0.0603. The number of imide groups is 1. The summed E-state index contributed by atoms with van der Waals surface area (Å²) in [5.41, 5.74) is -0.587. The molecule has 1 atom stereocenters. The van der Waals surface area contributed by atoms with E-state index in [1.807, 2.05) is 0 Å². The zero-order chi connectivity index (χ0) is 24.5. The van der Waals surface area contributed by atoms with Gasteiger partial charge < -0.3 is 14.5 Å². The third kappa shape index (κ3) is 4.33. The van der Waals surface area contributed by atoms with Gasteiger partial charge in [-0.2, -0.15) is 13.9 Å². The Morgan fingerprint density at radius 3 is 2.41 bits per heavy atom. The summed E-state index contributed by atoms with van der Waals surface area (Å²) in [5, 5.41) is 17.9. The van der Waals surface area contributed by atoms with Crippen LogP contribution in [0.5, 0.6) is 5.75 Å². The lowest BCUT2D eigenvalue weighted by Crippen LogP contribution is -2.40. The molecule has 1 aliphatic rings. The van der Waals surface area contributed by atoms with Crippen molar-refractivity contribution in [3.63, 3.8) is 0 Å². The molecular weight excluding hydrogens is 454 g/mol. The molecule has 12 heteroatoms. The van der Waals surface area contributed by atoms with Gasteiger partial charge in [0.05, 0.1) is 11.1 Å². The van der Waals surface area contributed by atoms with Crippen molar-refractivity contribution >= 4 is 23.8 Å². The first kappa shape index (κ1) is 22.6. The lowest BCUT2D eigenvalue weighted by molar-refractivity contribution is -0.384. The molecule has 2 aromatic carbocycles. The predicted octanol–water partition coefficient (Wildman–Crippen LogP) is 4.26. The molecule has 0 spiro atoms. The molecule has 1 N–H and O–H groups in total. The van der Waals surface area contributed by atoms with Crippen LogP contribution in [-0.4, -0.2) is 34.7 Å². The van der Waals surface area contributed by atoms with Crippen LogP contribution in [0.2, 0.25) is 0 Å². The monoisotopic (exact) mass is 470 g/mol. The van der Waals surface area contributed by atoms with Crippen LogP contribution < -0.4 is 10.1 Å². The zero-order valence-corrected chi connectivity index (χ0v) is 17.5. The van der Waals surface area contributed by atoms with Crippen molar-refractivity contribution in [2.24, 2.45) is 5.10 Å². The minimum Gasteiger partial charge on any atom is -0.455 e. The summed E-state index contributed by atoms with van der Waals surface area (Å²) in [4.78, 5) is 35.6. The second kappa shape index (κ2) is 8.73. The number of amides is 3. The molecule has 1 aromatic heterocycles. The lowest BCUT2D eigenvalue weighted by Gasteiger charge is -2.21. The van der Waals surface area contributed by atoms with Crippen LogP contribution in [-0.2, 0) is 10.3 Å². The number of rotatable bonds is 7. The van der Waals surface area contributed by atoms with Gasteiger partial charge in [0.1, 0.15) is 22.8 Å². The number of furan rings is 1. The van der Waals surface area contributed by atoms with Gasteiger partial charge in [0.25, 0.3) is 11.6 Å². The van der Waals surface area contributed by atoms with Gasteiger partial charge in [-0.15, -0.1) is 5.01 Å². The number of urea groups is 1. The number of ether oxygens (including phenoxy) is 1. The summed E-state index contributed by atoms with van der Waals surface area (Å²) >= 11 is 0. The molecule has 10 nitrogen and oxygen atoms in total. The number of hydrazone groups is 1. The molecule has 174 valence electrons. The molecule has 2 heterocycles. The number of halogens is 2. The van der Waals surface area contributed by atoms with Gasteiger partial charge in [-0.05, 0) is 48.9 Å². The highest BCUT2D eigenvalue weighted by Crippen LogP contribution is 2.31. The molecule has 0 radical (unpaired) electrons. The fourth-order valence-electron chi connectivity index (χ4n) is 3.33. The summed E-state index contributed by atoms with van der Waals surface area (Å²) < 4.78 is 34.6. The lowest BCUT2D eigenvalue weighted by atomic mass is 9.92. The number of nitrogens with one attached hydrogen (secondary N) is 1. The summed E-state index contributed by atoms with van der Waals surface area (Å²) in [7, 11) is 0. The van der Waals surface area contributed by atoms with Crippen molar-refractivity contribution in [1.82, 2.24) is 10.3 Å². The van der Waals surface area contributed by atoms with E-state index in [9.17, 15) is 28.5 Å². The highest BCUT2D eigenvalue weighted by Gasteiger charge is 2.49. The van der Waals surface area contributed by atoms with Crippen molar-refractivity contribution < 1.29 is 32.4 Å². The van der Waals surface area contributed by atoms with Crippen molar-refractivity contribution in [1.29, 1.82) is 0 Å². The number of hydrogen-bond acceptors (Lipinski definition) is 7. The smallest absolute Gasteiger partial charge is 0.387 e. The zero-order valence-electron chi connectivity index (χ0n) is 17.5. The fourth-order valence-corrected chi connectivity index (χ4v) is 3.33. The van der Waals surface area contributed by atoms with E-state index in [0.717, 1.165) is 0 Å². The van der Waals surface area contributed by atoms with Crippen LogP contribution >= 0.6 is 0 Å². The molecule has 0 bridgehead atoms. The number of nitro groups is 1. The number of nitrogens with zero attached hydrogens (tertiary/aromatic N) is 3. The number of hydrogen-bond donors (Lipinski definition) is 1. The quantitative estimate of drug-likeness (QED) is 0.238. The topological polar surface area (TPSA) is 127 Å². The highest BCUT2D eigenvalue weighted by atomic mass is 19.3. The molecule has 1 unspecified atom stereocenters. The van der Waals surface area contributed by atoms with Crippen LogP contribution in [0, 0.1) is 10.1 Å². The molecule has 1 fully saturated rings. The van der Waals surface area contributed by atoms with Gasteiger partial charge in [-0.25, -0.2) is 4.79 Å². The molecule has 1 aliphatic heterocycles. The Morgan fingerprint density at radius 1 is 1.12 bits per heavy atom. The van der Waals surface area contributed by atoms with E-state index < -0.39 is 29.0 Å². The first-order valence-corrected chi connectivity index (χ1v) is 9.78. The molecule has 3 amide bonds. The SMILES string of the molecule is CC1(c2ccc(OC(F)F)cc2)NC(=O)N(/N=C/c2ccc(-c3ccc([N+](=O)[O-])cc3)o2)C1=O. The number of non-ortho nitro benzene ring substituents is 1. The maximum atomic E-state index is 12.9. The van der Waals surface area contributed by atoms with Crippen molar-refractivity contribution in [2.45, 2.75) is 19.1 Å². The molecule has 1 saturated heterocycles. The van der Waals surface area contributed by atoms with Gasteiger partial charge in [0.15, 0.2) is 0 Å². The number of carbonyl (C=O) groups excluding carboxylic acids is 2. The van der Waals surface area contributed by atoms with Gasteiger partial charge >= 0.3 is 12.6 Å². The maximum absolute atomic E-state index is 12.9. The first-order valence-electron chi connectivity index (χ1n) is 9.78. The van der Waals surface area contributed by atoms with Crippen LogP contribution in [0.15, 0.2) is 70.2 Å². The van der Waals surface area contributed by atoms with Crippen molar-refractivity contribution in [3.05, 3.63) is 82.1 Å². The summed E-state index contributed by atoms with van der Waals surface area (Å²) in [6.07, 6.45) is 1.18. The van der Waals surface area contributed by atoms with Gasteiger partial charge in [0.2, 0.25) is 0 Å². The molecule has 0 aliphatic carbocycles. The van der Waals surface area contributed by atoms with E-state index in [0.29, 0.717) is 21.9 Å². The third-order valence-corrected chi connectivity index (χ3v) is 5.12. The van der Waals surface area contributed by atoms with Crippen LogP contribution in [0.1, 0.15) is 18.2 Å². The maximum Gasteiger partial charge on any atom is 0.387 e. The van der Waals surface area contributed by atoms with E-state index in [-0.39, 0.29) is 17.2 Å². The van der Waals surface area contributed by atoms with Crippen molar-refractivity contribution in [2.75, 3.05) is 0 Å². The van der Waals surface area contributed by atoms with Crippen molar-refractivity contribution in [3.8, 4) is 17.1 Å². The Balaban J connectivity index is 1.49. The first-order chi connectivity index (χ1) is 16.2. The summed E-state index contributed by atoms with van der Waals surface area (Å²) in [5.74, 6) is -0.130. The fraction of sp³-hybridized carbons (Fsp3) is 0.136. The summed E-state index contributed by atoms with van der Waals surface area (Å²) in [6, 6.07) is 13.4. The average molecular weight is 470 g/mol. The van der Waals surface area contributed by atoms with Gasteiger partial charge in [-0.3, -0.25) is 14.9 Å². The molecule has 0 saturated carbocycles. The molecule has 4 rings (SSSR count). The van der Waals surface area contributed by atoms with E-state index in [1.54, 1.807) is 12.1 Å². The second-order valence-electron chi connectivity index (χ2n) is 7.33. The number of benzene rings is 2. The van der Waals surface area contributed by atoms with E-state index >= 15 is 0 Å². The largest absolute Gasteiger partial charge is 0.455 e.